The highest BCUT2D eigenvalue weighted by Crippen LogP contribution is 2.23. The van der Waals surface area contributed by atoms with E-state index in [0.717, 1.165) is 0 Å². The molecule has 0 fully saturated rings. The minimum Gasteiger partial charge on any atom is -0.384 e. The van der Waals surface area contributed by atoms with Crippen LogP contribution in [0, 0.1) is 5.82 Å². The molecule has 18 heavy (non-hydrogen) atoms. The Bertz CT molecular complexity index is 548. The zero-order valence-electron chi connectivity index (χ0n) is 10.1. The molecule has 96 valence electrons. The van der Waals surface area contributed by atoms with Gasteiger partial charge in [-0.25, -0.2) is 9.07 Å². The molecule has 1 unspecified atom stereocenters. The van der Waals surface area contributed by atoms with Gasteiger partial charge >= 0.3 is 0 Å². The molecule has 1 aromatic heterocycles. The van der Waals surface area contributed by atoms with Gasteiger partial charge in [-0.2, -0.15) is 0 Å². The smallest absolute Gasteiger partial charge is 0.126 e. The van der Waals surface area contributed by atoms with Gasteiger partial charge in [0, 0.05) is 5.02 Å². The van der Waals surface area contributed by atoms with E-state index in [-0.39, 0.29) is 5.02 Å². The van der Waals surface area contributed by atoms with Crippen LogP contribution in [-0.2, 0) is 5.60 Å². The predicted octanol–water partition coefficient (Wildman–Crippen LogP) is 2.68. The predicted molar refractivity (Wildman–Crippen MR) is 66.2 cm³/mol. The van der Waals surface area contributed by atoms with Crippen molar-refractivity contribution < 1.29 is 9.50 Å². The summed E-state index contributed by atoms with van der Waals surface area (Å²) in [5.41, 5.74) is -0.147. The second kappa shape index (κ2) is 4.66. The minimum absolute atomic E-state index is 0.282. The van der Waals surface area contributed by atoms with Gasteiger partial charge in [0.2, 0.25) is 0 Å². The quantitative estimate of drug-likeness (QED) is 0.932. The topological polar surface area (TPSA) is 50.9 Å². The van der Waals surface area contributed by atoms with Gasteiger partial charge in [0.15, 0.2) is 0 Å². The molecule has 1 aromatic carbocycles. The number of rotatable bonds is 3. The summed E-state index contributed by atoms with van der Waals surface area (Å²) in [6.45, 7) is 3.50. The zero-order chi connectivity index (χ0) is 13.3. The van der Waals surface area contributed by atoms with Crippen LogP contribution in [0.3, 0.4) is 0 Å². The van der Waals surface area contributed by atoms with Crippen molar-refractivity contribution in [2.45, 2.75) is 25.9 Å². The van der Waals surface area contributed by atoms with Crippen LogP contribution in [-0.4, -0.2) is 20.1 Å². The molecular formula is C12H13ClFN3O. The van der Waals surface area contributed by atoms with E-state index in [4.69, 9.17) is 11.6 Å². The number of benzene rings is 1. The lowest BCUT2D eigenvalue weighted by Crippen LogP contribution is -2.20. The van der Waals surface area contributed by atoms with Crippen LogP contribution in [0.4, 0.5) is 4.39 Å². The Hall–Kier alpha value is -1.46. The van der Waals surface area contributed by atoms with Crippen molar-refractivity contribution in [1.29, 1.82) is 0 Å². The first-order valence-electron chi connectivity index (χ1n) is 5.54. The number of aromatic nitrogens is 3. The number of hydrogen-bond donors (Lipinski definition) is 1. The Balaban J connectivity index is 2.41. The molecule has 6 heteroatoms. The highest BCUT2D eigenvalue weighted by Gasteiger charge is 2.24. The summed E-state index contributed by atoms with van der Waals surface area (Å²) >= 11 is 5.77. The van der Waals surface area contributed by atoms with Crippen LogP contribution in [0.1, 0.15) is 26.0 Å². The van der Waals surface area contributed by atoms with Crippen molar-refractivity contribution in [1.82, 2.24) is 15.0 Å². The SMILES string of the molecule is CCC(C)(O)c1cn(-c2cc(F)cc(Cl)c2)nn1. The van der Waals surface area contributed by atoms with E-state index in [0.29, 0.717) is 17.8 Å². The molecule has 0 amide bonds. The number of nitrogens with zero attached hydrogens (tertiary/aromatic N) is 3. The summed E-state index contributed by atoms with van der Waals surface area (Å²) in [5, 5.41) is 18.1. The van der Waals surface area contributed by atoms with Crippen LogP contribution in [0.5, 0.6) is 0 Å². The number of halogens is 2. The normalized spacial score (nSPS) is 14.5. The summed E-state index contributed by atoms with van der Waals surface area (Å²) in [4.78, 5) is 0. The molecular weight excluding hydrogens is 257 g/mol. The Morgan fingerprint density at radius 3 is 2.78 bits per heavy atom. The molecule has 2 rings (SSSR count). The molecule has 0 saturated heterocycles. The Labute approximate surface area is 109 Å². The molecule has 0 aliphatic carbocycles. The largest absolute Gasteiger partial charge is 0.384 e. The maximum Gasteiger partial charge on any atom is 0.126 e. The second-order valence-electron chi connectivity index (χ2n) is 4.30. The molecule has 2 aromatic rings. The van der Waals surface area contributed by atoms with E-state index in [9.17, 15) is 9.50 Å². The standard InChI is InChI=1S/C12H13ClFN3O/c1-3-12(2,18)11-7-17(16-15-11)10-5-8(13)4-9(14)6-10/h4-7,18H,3H2,1-2H3. The van der Waals surface area contributed by atoms with Crippen molar-refractivity contribution in [2.75, 3.05) is 0 Å². The third kappa shape index (κ3) is 2.52. The third-order valence-electron chi connectivity index (χ3n) is 2.85. The van der Waals surface area contributed by atoms with Crippen LogP contribution in [0.15, 0.2) is 24.4 Å². The van der Waals surface area contributed by atoms with Crippen molar-refractivity contribution in [2.24, 2.45) is 0 Å². The highest BCUT2D eigenvalue weighted by atomic mass is 35.5. The summed E-state index contributed by atoms with van der Waals surface area (Å²) in [7, 11) is 0. The first-order valence-corrected chi connectivity index (χ1v) is 5.92. The lowest BCUT2D eigenvalue weighted by molar-refractivity contribution is 0.0484. The maximum absolute atomic E-state index is 13.2. The van der Waals surface area contributed by atoms with Gasteiger partial charge in [0.25, 0.3) is 0 Å². The number of aliphatic hydroxyl groups is 1. The van der Waals surface area contributed by atoms with E-state index in [1.807, 2.05) is 6.92 Å². The van der Waals surface area contributed by atoms with E-state index in [1.165, 1.54) is 16.8 Å². The van der Waals surface area contributed by atoms with E-state index in [2.05, 4.69) is 10.3 Å². The van der Waals surface area contributed by atoms with Gasteiger partial charge < -0.3 is 5.11 Å². The summed E-state index contributed by atoms with van der Waals surface area (Å²) < 4.78 is 14.6. The molecule has 0 saturated carbocycles. The second-order valence-corrected chi connectivity index (χ2v) is 4.74. The zero-order valence-corrected chi connectivity index (χ0v) is 10.8. The lowest BCUT2D eigenvalue weighted by Gasteiger charge is -2.16. The molecule has 0 aliphatic heterocycles. The van der Waals surface area contributed by atoms with Crippen LogP contribution in [0.25, 0.3) is 5.69 Å². The van der Waals surface area contributed by atoms with Crippen LogP contribution in [0.2, 0.25) is 5.02 Å². The molecule has 0 radical (unpaired) electrons. The Morgan fingerprint density at radius 1 is 1.44 bits per heavy atom. The molecule has 1 N–H and O–H groups in total. The van der Waals surface area contributed by atoms with E-state index < -0.39 is 11.4 Å². The average molecular weight is 270 g/mol. The molecule has 0 spiro atoms. The lowest BCUT2D eigenvalue weighted by atomic mass is 10.0. The van der Waals surface area contributed by atoms with Crippen molar-refractivity contribution >= 4 is 11.6 Å². The summed E-state index contributed by atoms with van der Waals surface area (Å²) in [6, 6.07) is 4.08. The fraction of sp³-hybridized carbons (Fsp3) is 0.333. The van der Waals surface area contributed by atoms with Crippen LogP contribution < -0.4 is 0 Å². The molecule has 0 aliphatic rings. The maximum atomic E-state index is 13.2. The highest BCUT2D eigenvalue weighted by molar-refractivity contribution is 6.30. The monoisotopic (exact) mass is 269 g/mol. The van der Waals surface area contributed by atoms with E-state index in [1.54, 1.807) is 19.2 Å². The van der Waals surface area contributed by atoms with Crippen molar-refractivity contribution in [3.8, 4) is 5.69 Å². The van der Waals surface area contributed by atoms with Gasteiger partial charge in [-0.05, 0) is 31.5 Å². The van der Waals surface area contributed by atoms with Gasteiger partial charge in [-0.1, -0.05) is 23.7 Å². The minimum atomic E-state index is -1.05. The van der Waals surface area contributed by atoms with Crippen molar-refractivity contribution in [3.63, 3.8) is 0 Å². The third-order valence-corrected chi connectivity index (χ3v) is 3.06. The average Bonchev–Trinajstić information content (AvgIpc) is 2.77. The van der Waals surface area contributed by atoms with Gasteiger partial charge in [-0.15, -0.1) is 5.10 Å². The summed E-state index contributed by atoms with van der Waals surface area (Å²) in [6.07, 6.45) is 2.07. The molecule has 0 bridgehead atoms. The van der Waals surface area contributed by atoms with Crippen LogP contribution >= 0.6 is 11.6 Å². The molecule has 4 nitrogen and oxygen atoms in total. The fourth-order valence-corrected chi connectivity index (χ4v) is 1.71. The Kier molecular flexibility index (Phi) is 3.36. The van der Waals surface area contributed by atoms with Crippen molar-refractivity contribution in [3.05, 3.63) is 40.9 Å². The molecule has 1 atom stereocenters. The van der Waals surface area contributed by atoms with Gasteiger partial charge in [0.05, 0.1) is 11.9 Å². The fourth-order valence-electron chi connectivity index (χ4n) is 1.49. The first kappa shape index (κ1) is 13.0. The first-order chi connectivity index (χ1) is 8.42. The van der Waals surface area contributed by atoms with Gasteiger partial charge in [-0.3, -0.25) is 0 Å². The van der Waals surface area contributed by atoms with E-state index >= 15 is 0 Å². The summed E-state index contributed by atoms with van der Waals surface area (Å²) in [5.74, 6) is -0.447. The number of hydrogen-bond acceptors (Lipinski definition) is 3. The Morgan fingerprint density at radius 2 is 2.17 bits per heavy atom. The molecule has 1 heterocycles. The van der Waals surface area contributed by atoms with Gasteiger partial charge in [0.1, 0.15) is 17.1 Å².